The standard InChI is InChI=1S/C17H20N2O/c1-2-12-4-3-5-15(10-12)18-11-16(20)19-17(13-6-7-13)14-8-9-14/h1,3-5,10,13-14,17-18H,6-9,11H2,(H,19,20). The van der Waals surface area contributed by atoms with Crippen molar-refractivity contribution in [2.45, 2.75) is 31.7 Å². The Balaban J connectivity index is 1.49. The molecule has 0 saturated heterocycles. The van der Waals surface area contributed by atoms with Crippen LogP contribution in [0.1, 0.15) is 31.2 Å². The van der Waals surface area contributed by atoms with Crippen LogP contribution in [0.3, 0.4) is 0 Å². The van der Waals surface area contributed by atoms with Gasteiger partial charge in [0.05, 0.1) is 6.54 Å². The number of hydrogen-bond donors (Lipinski definition) is 2. The van der Waals surface area contributed by atoms with Crippen LogP contribution < -0.4 is 10.6 Å². The first kappa shape index (κ1) is 13.1. The Hall–Kier alpha value is -1.95. The lowest BCUT2D eigenvalue weighted by atomic mass is 10.1. The van der Waals surface area contributed by atoms with Crippen LogP contribution in [0.15, 0.2) is 24.3 Å². The van der Waals surface area contributed by atoms with Crippen LogP contribution >= 0.6 is 0 Å². The number of rotatable bonds is 6. The van der Waals surface area contributed by atoms with Crippen molar-refractivity contribution in [1.29, 1.82) is 0 Å². The Kier molecular flexibility index (Phi) is 3.64. The number of hydrogen-bond acceptors (Lipinski definition) is 2. The van der Waals surface area contributed by atoms with E-state index in [1.54, 1.807) is 0 Å². The van der Waals surface area contributed by atoms with Gasteiger partial charge in [0.15, 0.2) is 0 Å². The molecule has 1 aromatic rings. The largest absolute Gasteiger partial charge is 0.376 e. The number of benzene rings is 1. The maximum atomic E-state index is 12.0. The summed E-state index contributed by atoms with van der Waals surface area (Å²) in [7, 11) is 0. The fraction of sp³-hybridized carbons (Fsp3) is 0.471. The highest BCUT2D eigenvalue weighted by molar-refractivity contribution is 5.81. The van der Waals surface area contributed by atoms with Gasteiger partial charge >= 0.3 is 0 Å². The van der Waals surface area contributed by atoms with Crippen molar-refractivity contribution >= 4 is 11.6 Å². The molecule has 104 valence electrons. The Morgan fingerprint density at radius 1 is 1.30 bits per heavy atom. The predicted molar refractivity (Wildman–Crippen MR) is 80.2 cm³/mol. The molecule has 0 bridgehead atoms. The molecule has 1 amide bonds. The highest BCUT2D eigenvalue weighted by Crippen LogP contribution is 2.44. The number of nitrogens with one attached hydrogen (secondary N) is 2. The van der Waals surface area contributed by atoms with E-state index in [1.807, 2.05) is 24.3 Å². The van der Waals surface area contributed by atoms with Gasteiger partial charge in [0.25, 0.3) is 0 Å². The molecule has 0 heterocycles. The molecule has 1 aromatic carbocycles. The second kappa shape index (κ2) is 5.58. The van der Waals surface area contributed by atoms with E-state index in [-0.39, 0.29) is 5.91 Å². The highest BCUT2D eigenvalue weighted by atomic mass is 16.2. The fourth-order valence-electron chi connectivity index (χ4n) is 2.67. The third kappa shape index (κ3) is 3.33. The SMILES string of the molecule is C#Cc1cccc(NCC(=O)NC(C2CC2)C2CC2)c1. The maximum absolute atomic E-state index is 12.0. The summed E-state index contributed by atoms with van der Waals surface area (Å²) in [5.41, 5.74) is 1.72. The number of carbonyl (C=O) groups is 1. The molecule has 20 heavy (non-hydrogen) atoms. The minimum absolute atomic E-state index is 0.0833. The summed E-state index contributed by atoms with van der Waals surface area (Å²) in [5, 5.41) is 6.33. The normalized spacial score (nSPS) is 17.6. The van der Waals surface area contributed by atoms with Crippen LogP contribution in [-0.2, 0) is 4.79 Å². The number of terminal acetylenes is 1. The van der Waals surface area contributed by atoms with Crippen molar-refractivity contribution in [1.82, 2.24) is 5.32 Å². The van der Waals surface area contributed by atoms with Crippen LogP contribution in [0, 0.1) is 24.2 Å². The van der Waals surface area contributed by atoms with Crippen LogP contribution in [0.25, 0.3) is 0 Å². The molecule has 2 N–H and O–H groups in total. The van der Waals surface area contributed by atoms with Gasteiger partial charge in [-0.2, -0.15) is 0 Å². The first-order valence-electron chi connectivity index (χ1n) is 7.36. The lowest BCUT2D eigenvalue weighted by Gasteiger charge is -2.18. The maximum Gasteiger partial charge on any atom is 0.239 e. The molecule has 2 fully saturated rings. The van der Waals surface area contributed by atoms with Crippen LogP contribution in [0.2, 0.25) is 0 Å². The Morgan fingerprint density at radius 3 is 2.60 bits per heavy atom. The lowest BCUT2D eigenvalue weighted by Crippen LogP contribution is -2.41. The van der Waals surface area contributed by atoms with Crippen molar-refractivity contribution in [2.24, 2.45) is 11.8 Å². The zero-order valence-electron chi connectivity index (χ0n) is 11.6. The van der Waals surface area contributed by atoms with Gasteiger partial charge in [-0.15, -0.1) is 6.42 Å². The summed E-state index contributed by atoms with van der Waals surface area (Å²) in [6.07, 6.45) is 10.5. The molecule has 3 nitrogen and oxygen atoms in total. The zero-order chi connectivity index (χ0) is 13.9. The van der Waals surface area contributed by atoms with Crippen molar-refractivity contribution in [3.8, 4) is 12.3 Å². The van der Waals surface area contributed by atoms with Crippen LogP contribution in [0.5, 0.6) is 0 Å². The van der Waals surface area contributed by atoms with Gasteiger partial charge in [0.2, 0.25) is 5.91 Å². The Labute approximate surface area is 120 Å². The van der Waals surface area contributed by atoms with Crippen LogP contribution in [-0.4, -0.2) is 18.5 Å². The summed E-state index contributed by atoms with van der Waals surface area (Å²) in [6.45, 7) is 0.309. The molecule has 0 unspecified atom stereocenters. The van der Waals surface area contributed by atoms with Crippen molar-refractivity contribution in [2.75, 3.05) is 11.9 Å². The molecule has 3 rings (SSSR count). The van der Waals surface area contributed by atoms with E-state index in [1.165, 1.54) is 25.7 Å². The minimum Gasteiger partial charge on any atom is -0.376 e. The summed E-state index contributed by atoms with van der Waals surface area (Å²) < 4.78 is 0. The second-order valence-corrected chi connectivity index (χ2v) is 5.85. The monoisotopic (exact) mass is 268 g/mol. The summed E-state index contributed by atoms with van der Waals surface area (Å²) >= 11 is 0. The van der Waals surface area contributed by atoms with Gasteiger partial charge in [0.1, 0.15) is 0 Å². The molecule has 0 aromatic heterocycles. The molecular formula is C17H20N2O. The van der Waals surface area contributed by atoms with Gasteiger partial charge in [-0.1, -0.05) is 12.0 Å². The van der Waals surface area contributed by atoms with E-state index in [9.17, 15) is 4.79 Å². The summed E-state index contributed by atoms with van der Waals surface area (Å²) in [4.78, 5) is 12.0. The zero-order valence-corrected chi connectivity index (χ0v) is 11.6. The Bertz CT molecular complexity index is 526. The van der Waals surface area contributed by atoms with E-state index in [4.69, 9.17) is 6.42 Å². The third-order valence-electron chi connectivity index (χ3n) is 4.07. The smallest absolute Gasteiger partial charge is 0.239 e. The first-order valence-corrected chi connectivity index (χ1v) is 7.36. The van der Waals surface area contributed by atoms with E-state index in [0.29, 0.717) is 12.6 Å². The van der Waals surface area contributed by atoms with Gasteiger partial charge in [-0.25, -0.2) is 0 Å². The van der Waals surface area contributed by atoms with Crippen molar-refractivity contribution in [3.05, 3.63) is 29.8 Å². The number of amides is 1. The first-order chi connectivity index (χ1) is 9.76. The quantitative estimate of drug-likeness (QED) is 0.778. The van der Waals surface area contributed by atoms with Gasteiger partial charge in [0, 0.05) is 17.3 Å². The topological polar surface area (TPSA) is 41.1 Å². The van der Waals surface area contributed by atoms with E-state index in [0.717, 1.165) is 23.1 Å². The molecule has 0 aliphatic heterocycles. The molecule has 3 heteroatoms. The average molecular weight is 268 g/mol. The second-order valence-electron chi connectivity index (χ2n) is 5.85. The predicted octanol–water partition coefficient (Wildman–Crippen LogP) is 2.38. The summed E-state index contributed by atoms with van der Waals surface area (Å²) in [6, 6.07) is 8.00. The molecular weight excluding hydrogens is 248 g/mol. The molecule has 0 spiro atoms. The fourth-order valence-corrected chi connectivity index (χ4v) is 2.67. The van der Waals surface area contributed by atoms with Crippen molar-refractivity contribution < 1.29 is 4.79 Å². The highest BCUT2D eigenvalue weighted by Gasteiger charge is 2.42. The number of anilines is 1. The third-order valence-corrected chi connectivity index (χ3v) is 4.07. The van der Waals surface area contributed by atoms with Crippen molar-refractivity contribution in [3.63, 3.8) is 0 Å². The average Bonchev–Trinajstić information content (AvgIpc) is 3.35. The molecule has 0 atom stereocenters. The van der Waals surface area contributed by atoms with Crippen LogP contribution in [0.4, 0.5) is 5.69 Å². The van der Waals surface area contributed by atoms with Gasteiger partial charge in [-0.3, -0.25) is 4.79 Å². The van der Waals surface area contributed by atoms with E-state index >= 15 is 0 Å². The minimum atomic E-state index is 0.0833. The molecule has 2 aliphatic carbocycles. The van der Waals surface area contributed by atoms with Gasteiger partial charge < -0.3 is 10.6 Å². The van der Waals surface area contributed by atoms with Gasteiger partial charge in [-0.05, 0) is 55.7 Å². The molecule has 2 aliphatic rings. The van der Waals surface area contributed by atoms with E-state index < -0.39 is 0 Å². The summed E-state index contributed by atoms with van der Waals surface area (Å²) in [5.74, 6) is 4.14. The molecule has 0 radical (unpaired) electrons. The molecule has 2 saturated carbocycles. The Morgan fingerprint density at radius 2 is 2.00 bits per heavy atom. The number of carbonyl (C=O) groups excluding carboxylic acids is 1. The van der Waals surface area contributed by atoms with E-state index in [2.05, 4.69) is 16.6 Å². The lowest BCUT2D eigenvalue weighted by molar-refractivity contribution is -0.120.